The van der Waals surface area contributed by atoms with E-state index in [0.29, 0.717) is 12.4 Å². The lowest BCUT2D eigenvalue weighted by atomic mass is 10.1. The van der Waals surface area contributed by atoms with Crippen molar-refractivity contribution in [3.8, 4) is 5.75 Å². The maximum atomic E-state index is 12.8. The van der Waals surface area contributed by atoms with Crippen LogP contribution in [0.1, 0.15) is 12.5 Å². The van der Waals surface area contributed by atoms with Crippen LogP contribution in [-0.4, -0.2) is 33.5 Å². The van der Waals surface area contributed by atoms with Gasteiger partial charge in [0.15, 0.2) is 0 Å². The number of carbonyl (C=O) groups is 1. The maximum absolute atomic E-state index is 12.8. The van der Waals surface area contributed by atoms with Crippen molar-refractivity contribution in [2.45, 2.75) is 24.3 Å². The van der Waals surface area contributed by atoms with Gasteiger partial charge in [-0.05, 0) is 37.1 Å². The zero-order valence-electron chi connectivity index (χ0n) is 15.5. The molecule has 1 unspecified atom stereocenters. The summed E-state index contributed by atoms with van der Waals surface area (Å²) in [4.78, 5) is 12.4. The third-order valence-corrected chi connectivity index (χ3v) is 5.60. The molecule has 8 heteroatoms. The molecule has 28 heavy (non-hydrogen) atoms. The summed E-state index contributed by atoms with van der Waals surface area (Å²) in [7, 11) is -3.98. The second-order valence-corrected chi connectivity index (χ2v) is 8.04. The van der Waals surface area contributed by atoms with Gasteiger partial charge < -0.3 is 10.1 Å². The van der Waals surface area contributed by atoms with Crippen LogP contribution in [-0.2, 0) is 21.2 Å². The van der Waals surface area contributed by atoms with Gasteiger partial charge in [-0.2, -0.15) is 4.72 Å². The van der Waals surface area contributed by atoms with Gasteiger partial charge in [-0.1, -0.05) is 48.0 Å². The van der Waals surface area contributed by atoms with Crippen molar-refractivity contribution in [3.05, 3.63) is 71.8 Å². The number of rotatable bonds is 10. The number of ether oxygens (including phenoxy) is 1. The molecule has 0 fully saturated rings. The molecular weight excluding hydrogens is 400 g/mol. The fourth-order valence-electron chi connectivity index (χ4n) is 2.51. The minimum Gasteiger partial charge on any atom is -0.492 e. The van der Waals surface area contributed by atoms with Gasteiger partial charge in [0.25, 0.3) is 0 Å². The van der Waals surface area contributed by atoms with Crippen LogP contribution in [0.5, 0.6) is 5.75 Å². The first-order valence-electron chi connectivity index (χ1n) is 8.74. The third-order valence-electron chi connectivity index (χ3n) is 3.83. The predicted octanol–water partition coefficient (Wildman–Crippen LogP) is 2.93. The highest BCUT2D eigenvalue weighted by atomic mass is 35.5. The summed E-state index contributed by atoms with van der Waals surface area (Å²) in [6, 6.07) is 12.4. The molecule has 0 aliphatic heterocycles. The topological polar surface area (TPSA) is 84.5 Å². The van der Waals surface area contributed by atoms with Crippen LogP contribution < -0.4 is 14.8 Å². The second-order valence-electron chi connectivity index (χ2n) is 5.92. The summed E-state index contributed by atoms with van der Waals surface area (Å²) in [6.07, 6.45) is 1.73. The molecule has 0 saturated heterocycles. The molecule has 6 nitrogen and oxygen atoms in total. The van der Waals surface area contributed by atoms with Crippen molar-refractivity contribution in [3.63, 3.8) is 0 Å². The van der Waals surface area contributed by atoms with Crippen LogP contribution >= 0.6 is 11.6 Å². The van der Waals surface area contributed by atoms with E-state index in [0.717, 1.165) is 5.56 Å². The summed E-state index contributed by atoms with van der Waals surface area (Å²) in [5.41, 5.74) is 0.827. The Balaban J connectivity index is 2.26. The number of halogens is 1. The monoisotopic (exact) mass is 422 g/mol. The molecule has 0 heterocycles. The molecule has 2 aromatic carbocycles. The van der Waals surface area contributed by atoms with E-state index in [-0.39, 0.29) is 22.9 Å². The Hall–Kier alpha value is -2.35. The zero-order chi connectivity index (χ0) is 20.6. The molecule has 2 N–H and O–H groups in total. The predicted molar refractivity (Wildman–Crippen MR) is 110 cm³/mol. The van der Waals surface area contributed by atoms with Crippen LogP contribution in [0, 0.1) is 0 Å². The first kappa shape index (κ1) is 21.9. The first-order valence-corrected chi connectivity index (χ1v) is 10.6. The average molecular weight is 423 g/mol. The van der Waals surface area contributed by atoms with Gasteiger partial charge in [0.1, 0.15) is 11.8 Å². The van der Waals surface area contributed by atoms with Crippen molar-refractivity contribution >= 4 is 27.5 Å². The number of nitrogens with one attached hydrogen (secondary N) is 2. The zero-order valence-corrected chi connectivity index (χ0v) is 17.1. The second kappa shape index (κ2) is 10.3. The van der Waals surface area contributed by atoms with Gasteiger partial charge in [-0.3, -0.25) is 4.79 Å². The summed E-state index contributed by atoms with van der Waals surface area (Å²) in [5, 5.41) is 2.81. The molecule has 0 spiro atoms. The Labute approximate surface area is 170 Å². The number of carbonyl (C=O) groups excluding carboxylic acids is 1. The lowest BCUT2D eigenvalue weighted by Gasteiger charge is -2.19. The van der Waals surface area contributed by atoms with Gasteiger partial charge in [0.05, 0.1) is 16.5 Å². The average Bonchev–Trinajstić information content (AvgIpc) is 2.68. The van der Waals surface area contributed by atoms with Gasteiger partial charge in [-0.15, -0.1) is 6.58 Å². The van der Waals surface area contributed by atoms with E-state index < -0.39 is 22.0 Å². The van der Waals surface area contributed by atoms with Gasteiger partial charge >= 0.3 is 0 Å². The molecule has 0 aromatic heterocycles. The minimum atomic E-state index is -3.98. The smallest absolute Gasteiger partial charge is 0.241 e. The Morgan fingerprint density at radius 2 is 1.96 bits per heavy atom. The fraction of sp³-hybridized carbons (Fsp3) is 0.250. The molecule has 2 aromatic rings. The molecule has 1 atom stereocenters. The van der Waals surface area contributed by atoms with Crippen molar-refractivity contribution in [2.75, 3.05) is 13.2 Å². The summed E-state index contributed by atoms with van der Waals surface area (Å²) in [6.45, 7) is 6.00. The number of amides is 1. The van der Waals surface area contributed by atoms with Gasteiger partial charge in [0.2, 0.25) is 15.9 Å². The van der Waals surface area contributed by atoms with Crippen LogP contribution in [0.3, 0.4) is 0 Å². The Bertz CT molecular complexity index is 917. The molecule has 0 saturated carbocycles. The summed E-state index contributed by atoms with van der Waals surface area (Å²) >= 11 is 6.10. The quantitative estimate of drug-likeness (QED) is 0.576. The van der Waals surface area contributed by atoms with E-state index in [1.807, 2.05) is 30.3 Å². The maximum Gasteiger partial charge on any atom is 0.241 e. The standard InChI is InChI=1S/C20H23ClN2O4S/c1-3-12-22-20(24)18(13-15-8-6-5-7-9-15)23-28(25,26)16-10-11-19(27-4-2)17(21)14-16/h3,5-11,14,18,23H,1,4,12-13H2,2H3,(H,22,24). The van der Waals surface area contributed by atoms with Crippen molar-refractivity contribution in [2.24, 2.45) is 0 Å². The Kier molecular flexibility index (Phi) is 8.04. The molecule has 0 aliphatic rings. The lowest BCUT2D eigenvalue weighted by molar-refractivity contribution is -0.122. The third kappa shape index (κ3) is 6.09. The highest BCUT2D eigenvalue weighted by Crippen LogP contribution is 2.27. The van der Waals surface area contributed by atoms with E-state index in [2.05, 4.69) is 16.6 Å². The lowest BCUT2D eigenvalue weighted by Crippen LogP contribution is -2.48. The van der Waals surface area contributed by atoms with Crippen molar-refractivity contribution in [1.82, 2.24) is 10.0 Å². The molecule has 1 amide bonds. The number of sulfonamides is 1. The molecular formula is C20H23ClN2O4S. The van der Waals surface area contributed by atoms with E-state index in [4.69, 9.17) is 16.3 Å². The van der Waals surface area contributed by atoms with Crippen LogP contribution in [0.25, 0.3) is 0 Å². The van der Waals surface area contributed by atoms with Gasteiger partial charge in [0, 0.05) is 6.54 Å². The highest BCUT2D eigenvalue weighted by Gasteiger charge is 2.26. The minimum absolute atomic E-state index is 0.0458. The van der Waals surface area contributed by atoms with Crippen LogP contribution in [0.15, 0.2) is 66.1 Å². The Morgan fingerprint density at radius 1 is 1.25 bits per heavy atom. The number of hydrogen-bond acceptors (Lipinski definition) is 4. The number of hydrogen-bond donors (Lipinski definition) is 2. The molecule has 150 valence electrons. The molecule has 2 rings (SSSR count). The first-order chi connectivity index (χ1) is 13.4. The fourth-order valence-corrected chi connectivity index (χ4v) is 4.03. The normalized spacial score (nSPS) is 12.2. The van der Waals surface area contributed by atoms with Crippen LogP contribution in [0.4, 0.5) is 0 Å². The Morgan fingerprint density at radius 3 is 2.57 bits per heavy atom. The van der Waals surface area contributed by atoms with Crippen molar-refractivity contribution < 1.29 is 17.9 Å². The van der Waals surface area contributed by atoms with E-state index in [1.165, 1.54) is 24.3 Å². The van der Waals surface area contributed by atoms with Gasteiger partial charge in [-0.25, -0.2) is 8.42 Å². The van der Waals surface area contributed by atoms with E-state index in [9.17, 15) is 13.2 Å². The molecule has 0 radical (unpaired) electrons. The highest BCUT2D eigenvalue weighted by molar-refractivity contribution is 7.89. The summed E-state index contributed by atoms with van der Waals surface area (Å²) in [5.74, 6) is -0.0444. The summed E-state index contributed by atoms with van der Waals surface area (Å²) < 4.78 is 33.4. The number of benzene rings is 2. The van der Waals surface area contributed by atoms with E-state index >= 15 is 0 Å². The van der Waals surface area contributed by atoms with Crippen molar-refractivity contribution in [1.29, 1.82) is 0 Å². The largest absolute Gasteiger partial charge is 0.492 e. The van der Waals surface area contributed by atoms with Crippen LogP contribution in [0.2, 0.25) is 5.02 Å². The van der Waals surface area contributed by atoms with E-state index in [1.54, 1.807) is 6.92 Å². The molecule has 0 aliphatic carbocycles. The molecule has 0 bridgehead atoms. The SMILES string of the molecule is C=CCNC(=O)C(Cc1ccccc1)NS(=O)(=O)c1ccc(OCC)c(Cl)c1.